The van der Waals surface area contributed by atoms with E-state index in [9.17, 15) is 4.79 Å². The van der Waals surface area contributed by atoms with Gasteiger partial charge in [-0.15, -0.1) is 0 Å². The first-order chi connectivity index (χ1) is 13.5. The summed E-state index contributed by atoms with van der Waals surface area (Å²) in [7, 11) is 0. The lowest BCUT2D eigenvalue weighted by Crippen LogP contribution is -2.28. The van der Waals surface area contributed by atoms with Crippen molar-refractivity contribution in [3.05, 3.63) is 59.1 Å². The Morgan fingerprint density at radius 1 is 1.29 bits per heavy atom. The Kier molecular flexibility index (Phi) is 6.59. The molecule has 0 aliphatic carbocycles. The third kappa shape index (κ3) is 4.85. The van der Waals surface area contributed by atoms with Crippen LogP contribution in [0.5, 0.6) is 0 Å². The Bertz CT molecular complexity index is 946. The highest BCUT2D eigenvalue weighted by molar-refractivity contribution is 7.99. The highest BCUT2D eigenvalue weighted by atomic mass is 35.5. The number of furan rings is 1. The molecular weight excluding hydrogens is 396 g/mol. The van der Waals surface area contributed by atoms with Gasteiger partial charge in [-0.2, -0.15) is 0 Å². The zero-order valence-electron chi connectivity index (χ0n) is 15.6. The number of aromatic nitrogens is 2. The van der Waals surface area contributed by atoms with Crippen molar-refractivity contribution in [1.82, 2.24) is 15.3 Å². The summed E-state index contributed by atoms with van der Waals surface area (Å²) in [6.45, 7) is 3.87. The molecule has 0 unspecified atom stereocenters. The number of carbonyl (C=O) groups excluding carboxylic acids is 1. The summed E-state index contributed by atoms with van der Waals surface area (Å²) in [4.78, 5) is 21.2. The summed E-state index contributed by atoms with van der Waals surface area (Å²) in [6.07, 6.45) is 2.28. The molecule has 3 N–H and O–H groups in total. The minimum atomic E-state index is -0.201. The first-order valence-corrected chi connectivity index (χ1v) is 10.2. The number of nitrogens with two attached hydrogens (primary N) is 1. The van der Waals surface area contributed by atoms with E-state index in [1.165, 1.54) is 11.8 Å². The van der Waals surface area contributed by atoms with Gasteiger partial charge in [-0.05, 0) is 43.2 Å². The quantitative estimate of drug-likeness (QED) is 0.435. The first-order valence-electron chi connectivity index (χ1n) is 8.85. The van der Waals surface area contributed by atoms with Gasteiger partial charge in [0.2, 0.25) is 5.91 Å². The van der Waals surface area contributed by atoms with Gasteiger partial charge in [0, 0.05) is 10.6 Å². The third-order valence-corrected chi connectivity index (χ3v) is 5.24. The zero-order valence-corrected chi connectivity index (χ0v) is 17.2. The van der Waals surface area contributed by atoms with Gasteiger partial charge in [-0.25, -0.2) is 9.97 Å². The minimum absolute atomic E-state index is 0.129. The van der Waals surface area contributed by atoms with Crippen LogP contribution in [-0.4, -0.2) is 21.6 Å². The number of anilines is 1. The number of hydrogen-bond donors (Lipinski definition) is 2. The van der Waals surface area contributed by atoms with Gasteiger partial charge in [-0.3, -0.25) is 4.79 Å². The molecule has 0 saturated heterocycles. The van der Waals surface area contributed by atoms with Crippen LogP contribution in [0.25, 0.3) is 11.1 Å². The molecule has 3 rings (SSSR count). The normalized spacial score (nSPS) is 12.0. The van der Waals surface area contributed by atoms with Crippen LogP contribution in [0, 0.1) is 0 Å². The summed E-state index contributed by atoms with van der Waals surface area (Å²) in [5, 5.41) is 4.02. The molecule has 0 bridgehead atoms. The van der Waals surface area contributed by atoms with E-state index in [-0.39, 0.29) is 17.7 Å². The van der Waals surface area contributed by atoms with Gasteiger partial charge in [0.05, 0.1) is 23.8 Å². The lowest BCUT2D eigenvalue weighted by molar-refractivity contribution is -0.119. The van der Waals surface area contributed by atoms with Gasteiger partial charge in [-0.1, -0.05) is 42.4 Å². The molecule has 146 valence electrons. The number of halogens is 1. The second-order valence-corrected chi connectivity index (χ2v) is 7.55. The molecule has 0 spiro atoms. The minimum Gasteiger partial charge on any atom is -0.467 e. The van der Waals surface area contributed by atoms with Crippen molar-refractivity contribution in [3.8, 4) is 11.1 Å². The van der Waals surface area contributed by atoms with Gasteiger partial charge in [0.15, 0.2) is 5.16 Å². The van der Waals surface area contributed by atoms with E-state index in [1.807, 2.05) is 44.2 Å². The van der Waals surface area contributed by atoms with Crippen LogP contribution in [0.2, 0.25) is 5.02 Å². The zero-order chi connectivity index (χ0) is 20.1. The first kappa shape index (κ1) is 20.2. The molecule has 1 atom stereocenters. The molecule has 1 amide bonds. The van der Waals surface area contributed by atoms with E-state index in [0.717, 1.165) is 16.8 Å². The lowest BCUT2D eigenvalue weighted by atomic mass is 10.0. The predicted molar refractivity (Wildman–Crippen MR) is 112 cm³/mol. The van der Waals surface area contributed by atoms with Crippen molar-refractivity contribution in [2.45, 2.75) is 31.5 Å². The van der Waals surface area contributed by atoms with Crippen molar-refractivity contribution in [1.29, 1.82) is 0 Å². The Morgan fingerprint density at radius 2 is 2.04 bits per heavy atom. The van der Waals surface area contributed by atoms with E-state index in [4.69, 9.17) is 21.8 Å². The van der Waals surface area contributed by atoms with E-state index in [2.05, 4.69) is 15.3 Å². The SMILES string of the molecule is CCc1nc(SCC(=O)N[C@@H](C)c2ccco2)nc(N)c1-c1ccc(Cl)cc1. The van der Waals surface area contributed by atoms with Crippen LogP contribution >= 0.6 is 23.4 Å². The smallest absolute Gasteiger partial charge is 0.231 e. The number of hydrogen-bond acceptors (Lipinski definition) is 6. The monoisotopic (exact) mass is 416 g/mol. The number of rotatable bonds is 7. The number of amides is 1. The standard InChI is InChI=1S/C20H21ClN4O2S/c1-3-15-18(13-6-8-14(21)9-7-13)19(22)25-20(24-15)28-11-17(26)23-12(2)16-5-4-10-27-16/h4-10,12H,3,11H2,1-2H3,(H,23,26)(H2,22,24,25)/t12-/m0/s1. The molecule has 0 radical (unpaired) electrons. The summed E-state index contributed by atoms with van der Waals surface area (Å²) in [5.74, 6) is 1.16. The van der Waals surface area contributed by atoms with Gasteiger partial charge in [0.25, 0.3) is 0 Å². The maximum absolute atomic E-state index is 12.2. The van der Waals surface area contributed by atoms with E-state index < -0.39 is 0 Å². The molecule has 6 nitrogen and oxygen atoms in total. The molecule has 1 aromatic carbocycles. The highest BCUT2D eigenvalue weighted by Crippen LogP contribution is 2.31. The number of nitrogen functional groups attached to an aromatic ring is 1. The molecule has 0 fully saturated rings. The Balaban J connectivity index is 1.70. The number of thioether (sulfide) groups is 1. The maximum atomic E-state index is 12.2. The highest BCUT2D eigenvalue weighted by Gasteiger charge is 2.16. The molecule has 3 aromatic rings. The van der Waals surface area contributed by atoms with Crippen molar-refractivity contribution >= 4 is 35.1 Å². The molecule has 8 heteroatoms. The van der Waals surface area contributed by atoms with Crippen molar-refractivity contribution in [2.24, 2.45) is 0 Å². The number of benzene rings is 1. The number of nitrogens with zero attached hydrogens (tertiary/aromatic N) is 2. The summed E-state index contributed by atoms with van der Waals surface area (Å²) in [5.41, 5.74) is 8.77. The van der Waals surface area contributed by atoms with Crippen molar-refractivity contribution in [2.75, 3.05) is 11.5 Å². The molecule has 2 aromatic heterocycles. The second kappa shape index (κ2) is 9.12. The van der Waals surface area contributed by atoms with Gasteiger partial charge < -0.3 is 15.5 Å². The lowest BCUT2D eigenvalue weighted by Gasteiger charge is -2.13. The summed E-state index contributed by atoms with van der Waals surface area (Å²) < 4.78 is 5.30. The van der Waals surface area contributed by atoms with Crippen LogP contribution in [0.15, 0.2) is 52.2 Å². The van der Waals surface area contributed by atoms with Crippen LogP contribution < -0.4 is 11.1 Å². The molecule has 0 aliphatic rings. The van der Waals surface area contributed by atoms with E-state index in [0.29, 0.717) is 28.2 Å². The Labute approximate surface area is 172 Å². The molecular formula is C20H21ClN4O2S. The van der Waals surface area contributed by atoms with Crippen molar-refractivity contribution in [3.63, 3.8) is 0 Å². The average Bonchev–Trinajstić information content (AvgIpc) is 3.22. The maximum Gasteiger partial charge on any atom is 0.231 e. The van der Waals surface area contributed by atoms with Gasteiger partial charge in [0.1, 0.15) is 11.6 Å². The summed E-state index contributed by atoms with van der Waals surface area (Å²) >= 11 is 7.22. The largest absolute Gasteiger partial charge is 0.467 e. The number of carbonyl (C=O) groups is 1. The number of nitrogens with one attached hydrogen (secondary N) is 1. The fraction of sp³-hybridized carbons (Fsp3) is 0.250. The number of aryl methyl sites for hydroxylation is 1. The third-order valence-electron chi connectivity index (χ3n) is 4.14. The average molecular weight is 417 g/mol. The van der Waals surface area contributed by atoms with Crippen LogP contribution in [-0.2, 0) is 11.2 Å². The summed E-state index contributed by atoms with van der Waals surface area (Å²) in [6, 6.07) is 10.8. The fourth-order valence-electron chi connectivity index (χ4n) is 2.78. The van der Waals surface area contributed by atoms with Crippen LogP contribution in [0.4, 0.5) is 5.82 Å². The fourth-order valence-corrected chi connectivity index (χ4v) is 3.58. The molecule has 0 saturated carbocycles. The van der Waals surface area contributed by atoms with E-state index >= 15 is 0 Å². The van der Waals surface area contributed by atoms with Crippen LogP contribution in [0.1, 0.15) is 31.3 Å². The molecule has 28 heavy (non-hydrogen) atoms. The topological polar surface area (TPSA) is 94.0 Å². The Hall–Kier alpha value is -2.51. The van der Waals surface area contributed by atoms with Gasteiger partial charge >= 0.3 is 0 Å². The molecule has 2 heterocycles. The Morgan fingerprint density at radius 3 is 2.68 bits per heavy atom. The second-order valence-electron chi connectivity index (χ2n) is 6.17. The van der Waals surface area contributed by atoms with Crippen molar-refractivity contribution < 1.29 is 9.21 Å². The van der Waals surface area contributed by atoms with E-state index in [1.54, 1.807) is 12.3 Å². The predicted octanol–water partition coefficient (Wildman–Crippen LogP) is 4.50. The molecule has 0 aliphatic heterocycles. The van der Waals surface area contributed by atoms with Crippen LogP contribution in [0.3, 0.4) is 0 Å².